The summed E-state index contributed by atoms with van der Waals surface area (Å²) in [6.45, 7) is 7.64. The van der Waals surface area contributed by atoms with Gasteiger partial charge >= 0.3 is 12.1 Å². The lowest BCUT2D eigenvalue weighted by Crippen LogP contribution is -2.55. The number of piperazine rings is 1. The zero-order valence-corrected chi connectivity index (χ0v) is 15.1. The Kier molecular flexibility index (Phi) is 6.19. The van der Waals surface area contributed by atoms with Crippen LogP contribution in [0.3, 0.4) is 0 Å². The van der Waals surface area contributed by atoms with Crippen molar-refractivity contribution in [2.45, 2.75) is 32.4 Å². The molecule has 8 heteroatoms. The zero-order valence-electron chi connectivity index (χ0n) is 15.1. The Labute approximate surface area is 147 Å². The van der Waals surface area contributed by atoms with E-state index >= 15 is 0 Å². The highest BCUT2D eigenvalue weighted by atomic mass is 16.6. The Morgan fingerprint density at radius 1 is 1.36 bits per heavy atom. The minimum absolute atomic E-state index is 0.0247. The van der Waals surface area contributed by atoms with Crippen molar-refractivity contribution in [3.63, 3.8) is 0 Å². The molecule has 1 N–H and O–H groups in total. The third-order valence-electron chi connectivity index (χ3n) is 3.50. The van der Waals surface area contributed by atoms with E-state index in [9.17, 15) is 9.59 Å². The van der Waals surface area contributed by atoms with E-state index in [-0.39, 0.29) is 12.1 Å². The second-order valence-corrected chi connectivity index (χ2v) is 6.77. The van der Waals surface area contributed by atoms with E-state index in [1.165, 1.54) is 13.3 Å². The fraction of sp³-hybridized carbons (Fsp3) is 0.588. The van der Waals surface area contributed by atoms with E-state index in [0.717, 1.165) is 0 Å². The number of amides is 1. The molecular weight excluding hydrogens is 326 g/mol. The SMILES string of the molecule is COC(=O)c1ccc(OC[C@@H]2CN(C(=O)OC(C)(C)C)CCN2)nc1. The Bertz CT molecular complexity index is 597. The molecule has 1 aromatic heterocycles. The highest BCUT2D eigenvalue weighted by molar-refractivity contribution is 5.88. The summed E-state index contributed by atoms with van der Waals surface area (Å²) in [5.41, 5.74) is -0.152. The highest BCUT2D eigenvalue weighted by Gasteiger charge is 2.27. The van der Waals surface area contributed by atoms with Crippen molar-refractivity contribution < 1.29 is 23.8 Å². The summed E-state index contributed by atoms with van der Waals surface area (Å²) in [6, 6.07) is 3.18. The molecule has 1 amide bonds. The van der Waals surface area contributed by atoms with Crippen LogP contribution in [0.25, 0.3) is 0 Å². The number of esters is 1. The average Bonchev–Trinajstić information content (AvgIpc) is 2.58. The number of nitrogens with zero attached hydrogens (tertiary/aromatic N) is 2. The van der Waals surface area contributed by atoms with Crippen LogP contribution in [-0.4, -0.2) is 66.9 Å². The molecular formula is C17H25N3O5. The Morgan fingerprint density at radius 2 is 2.12 bits per heavy atom. The van der Waals surface area contributed by atoms with E-state index in [1.807, 2.05) is 20.8 Å². The number of aromatic nitrogens is 1. The molecule has 25 heavy (non-hydrogen) atoms. The lowest BCUT2D eigenvalue weighted by atomic mass is 10.2. The van der Waals surface area contributed by atoms with Gasteiger partial charge in [-0.25, -0.2) is 14.6 Å². The number of pyridine rings is 1. The Hall–Kier alpha value is -2.35. The molecule has 1 fully saturated rings. The van der Waals surface area contributed by atoms with E-state index in [4.69, 9.17) is 9.47 Å². The summed E-state index contributed by atoms with van der Waals surface area (Å²) in [6.07, 6.45) is 1.09. The average molecular weight is 351 g/mol. The fourth-order valence-electron chi connectivity index (χ4n) is 2.32. The first-order valence-corrected chi connectivity index (χ1v) is 8.17. The number of hydrogen-bond acceptors (Lipinski definition) is 7. The number of nitrogens with one attached hydrogen (secondary N) is 1. The molecule has 2 rings (SSSR count). The molecule has 1 aliphatic rings. The van der Waals surface area contributed by atoms with Crippen LogP contribution in [0.4, 0.5) is 4.79 Å². The maximum absolute atomic E-state index is 12.1. The standard InChI is InChI=1S/C17H25N3O5/c1-17(2,3)25-16(22)20-8-7-18-13(10-20)11-24-14-6-5-12(9-19-14)15(21)23-4/h5-6,9,13,18H,7-8,10-11H2,1-4H3/t13-/m0/s1. The minimum Gasteiger partial charge on any atom is -0.476 e. The van der Waals surface area contributed by atoms with E-state index in [0.29, 0.717) is 37.7 Å². The topological polar surface area (TPSA) is 90.0 Å². The van der Waals surface area contributed by atoms with Gasteiger partial charge < -0.3 is 24.4 Å². The molecule has 138 valence electrons. The van der Waals surface area contributed by atoms with Crippen LogP contribution in [0.5, 0.6) is 5.88 Å². The summed E-state index contributed by atoms with van der Waals surface area (Å²) in [5.74, 6) is -0.0372. The molecule has 0 bridgehead atoms. The zero-order chi connectivity index (χ0) is 18.4. The van der Waals surface area contributed by atoms with Gasteiger partial charge in [-0.1, -0.05) is 0 Å². The molecule has 2 heterocycles. The van der Waals surface area contributed by atoms with Crippen molar-refractivity contribution >= 4 is 12.1 Å². The van der Waals surface area contributed by atoms with Crippen molar-refractivity contribution in [1.82, 2.24) is 15.2 Å². The first-order chi connectivity index (χ1) is 11.8. The number of rotatable bonds is 4. The van der Waals surface area contributed by atoms with Gasteiger partial charge in [-0.15, -0.1) is 0 Å². The smallest absolute Gasteiger partial charge is 0.410 e. The van der Waals surface area contributed by atoms with Crippen molar-refractivity contribution in [2.24, 2.45) is 0 Å². The summed E-state index contributed by atoms with van der Waals surface area (Å²) in [4.78, 5) is 29.3. The molecule has 0 unspecified atom stereocenters. The number of carbonyl (C=O) groups is 2. The molecule has 0 aliphatic carbocycles. The van der Waals surface area contributed by atoms with Gasteiger partial charge in [0.2, 0.25) is 5.88 Å². The van der Waals surface area contributed by atoms with Crippen molar-refractivity contribution in [3.05, 3.63) is 23.9 Å². The fourth-order valence-corrected chi connectivity index (χ4v) is 2.32. The first-order valence-electron chi connectivity index (χ1n) is 8.17. The van der Waals surface area contributed by atoms with Crippen LogP contribution < -0.4 is 10.1 Å². The largest absolute Gasteiger partial charge is 0.476 e. The second-order valence-electron chi connectivity index (χ2n) is 6.77. The van der Waals surface area contributed by atoms with Gasteiger partial charge in [-0.2, -0.15) is 0 Å². The number of hydrogen-bond donors (Lipinski definition) is 1. The van der Waals surface area contributed by atoms with Crippen molar-refractivity contribution in [3.8, 4) is 5.88 Å². The van der Waals surface area contributed by atoms with Gasteiger partial charge in [0.05, 0.1) is 18.7 Å². The molecule has 0 saturated carbocycles. The van der Waals surface area contributed by atoms with E-state index < -0.39 is 11.6 Å². The normalized spacial score (nSPS) is 17.8. The molecule has 0 radical (unpaired) electrons. The van der Waals surface area contributed by atoms with Crippen molar-refractivity contribution in [2.75, 3.05) is 33.4 Å². The third-order valence-corrected chi connectivity index (χ3v) is 3.50. The van der Waals surface area contributed by atoms with Gasteiger partial charge in [0.15, 0.2) is 0 Å². The van der Waals surface area contributed by atoms with Gasteiger partial charge in [0.1, 0.15) is 12.2 Å². The van der Waals surface area contributed by atoms with Gasteiger partial charge in [-0.3, -0.25) is 0 Å². The van der Waals surface area contributed by atoms with Gasteiger partial charge in [-0.05, 0) is 26.8 Å². The molecule has 1 aliphatic heterocycles. The monoisotopic (exact) mass is 351 g/mol. The number of ether oxygens (including phenoxy) is 3. The Balaban J connectivity index is 1.84. The maximum Gasteiger partial charge on any atom is 0.410 e. The van der Waals surface area contributed by atoms with Gasteiger partial charge in [0, 0.05) is 31.9 Å². The second kappa shape index (κ2) is 8.15. The van der Waals surface area contributed by atoms with Crippen LogP contribution in [0.2, 0.25) is 0 Å². The summed E-state index contributed by atoms with van der Waals surface area (Å²) in [7, 11) is 1.32. The molecule has 8 nitrogen and oxygen atoms in total. The van der Waals surface area contributed by atoms with Crippen LogP contribution >= 0.6 is 0 Å². The summed E-state index contributed by atoms with van der Waals surface area (Å²) >= 11 is 0. The lowest BCUT2D eigenvalue weighted by molar-refractivity contribution is 0.0177. The molecule has 1 saturated heterocycles. The lowest BCUT2D eigenvalue weighted by Gasteiger charge is -2.34. The van der Waals surface area contributed by atoms with E-state index in [1.54, 1.807) is 17.0 Å². The summed E-state index contributed by atoms with van der Waals surface area (Å²) < 4.78 is 15.7. The minimum atomic E-state index is -0.515. The predicted molar refractivity (Wildman–Crippen MR) is 90.7 cm³/mol. The predicted octanol–water partition coefficient (Wildman–Crippen LogP) is 1.46. The Morgan fingerprint density at radius 3 is 2.72 bits per heavy atom. The first kappa shape index (κ1) is 19.0. The van der Waals surface area contributed by atoms with E-state index in [2.05, 4.69) is 15.0 Å². The van der Waals surface area contributed by atoms with Crippen LogP contribution in [0.15, 0.2) is 18.3 Å². The van der Waals surface area contributed by atoms with Gasteiger partial charge in [0.25, 0.3) is 0 Å². The molecule has 1 aromatic rings. The van der Waals surface area contributed by atoms with Crippen LogP contribution in [0, 0.1) is 0 Å². The highest BCUT2D eigenvalue weighted by Crippen LogP contribution is 2.13. The molecule has 1 atom stereocenters. The summed E-state index contributed by atoms with van der Waals surface area (Å²) in [5, 5.41) is 3.30. The van der Waals surface area contributed by atoms with Crippen molar-refractivity contribution in [1.29, 1.82) is 0 Å². The number of methoxy groups -OCH3 is 1. The molecule has 0 spiro atoms. The number of carbonyl (C=O) groups excluding carboxylic acids is 2. The van der Waals surface area contributed by atoms with Crippen LogP contribution in [-0.2, 0) is 9.47 Å². The maximum atomic E-state index is 12.1. The quantitative estimate of drug-likeness (QED) is 0.821. The van der Waals surface area contributed by atoms with Crippen LogP contribution in [0.1, 0.15) is 31.1 Å². The third kappa shape index (κ3) is 5.90. The molecule has 0 aromatic carbocycles.